The van der Waals surface area contributed by atoms with Crippen LogP contribution in [0.2, 0.25) is 0 Å². The minimum Gasteiger partial charge on any atom is -0.370 e. The van der Waals surface area contributed by atoms with Crippen molar-refractivity contribution in [2.45, 2.75) is 26.2 Å². The van der Waals surface area contributed by atoms with Gasteiger partial charge in [-0.3, -0.25) is 0 Å². The first kappa shape index (κ1) is 15.4. The number of rotatable bonds is 6. The first-order valence-electron chi connectivity index (χ1n) is 5.74. The Morgan fingerprint density at radius 2 is 2.06 bits per heavy atom. The van der Waals surface area contributed by atoms with E-state index in [1.54, 1.807) is 6.07 Å². The lowest BCUT2D eigenvalue weighted by atomic mass is 10.2. The fourth-order valence-electron chi connectivity index (χ4n) is 1.33. The zero-order valence-electron chi connectivity index (χ0n) is 10.8. The van der Waals surface area contributed by atoms with E-state index in [1.807, 2.05) is 13.8 Å². The van der Waals surface area contributed by atoms with E-state index in [0.717, 1.165) is 10.4 Å². The van der Waals surface area contributed by atoms with Crippen LogP contribution in [0.4, 0.5) is 5.82 Å². The topological polar surface area (TPSA) is 72.0 Å². The summed E-state index contributed by atoms with van der Waals surface area (Å²) in [5.41, 5.74) is 0. The van der Waals surface area contributed by atoms with Crippen molar-refractivity contribution in [1.29, 1.82) is 0 Å². The quantitative estimate of drug-likeness (QED) is 0.637. The molecule has 0 aliphatic heterocycles. The molecular weight excluding hydrogens is 318 g/mol. The Morgan fingerprint density at radius 3 is 2.61 bits per heavy atom. The third kappa shape index (κ3) is 5.77. The summed E-state index contributed by atoms with van der Waals surface area (Å²) in [6.45, 7) is 4.62. The Hall–Kier alpha value is -0.690. The highest BCUT2D eigenvalue weighted by Gasteiger charge is 2.07. The Bertz CT molecular complexity index is 503. The molecule has 7 heteroatoms. The minimum absolute atomic E-state index is 0.184. The molecule has 1 N–H and O–H groups in total. The van der Waals surface area contributed by atoms with E-state index in [1.165, 1.54) is 6.26 Å². The number of aromatic nitrogens is 2. The number of nitrogens with zero attached hydrogens (tertiary/aromatic N) is 2. The van der Waals surface area contributed by atoms with Gasteiger partial charge in [0, 0.05) is 24.8 Å². The largest absolute Gasteiger partial charge is 0.370 e. The number of halogens is 1. The molecule has 0 radical (unpaired) electrons. The highest BCUT2D eigenvalue weighted by molar-refractivity contribution is 9.10. The number of nitrogens with one attached hydrogen (secondary N) is 1. The van der Waals surface area contributed by atoms with E-state index in [0.29, 0.717) is 18.8 Å². The van der Waals surface area contributed by atoms with Crippen LogP contribution < -0.4 is 5.32 Å². The molecule has 0 unspecified atom stereocenters. The monoisotopic (exact) mass is 335 g/mol. The summed E-state index contributed by atoms with van der Waals surface area (Å²) in [6, 6.07) is 1.78. The van der Waals surface area contributed by atoms with Gasteiger partial charge in [0.05, 0.1) is 5.75 Å². The molecule has 1 aromatic rings. The third-order valence-electron chi connectivity index (χ3n) is 2.23. The SMILES string of the molecule is CC(C)c1nc(Br)cc(NCCCS(C)(=O)=O)n1. The van der Waals surface area contributed by atoms with Gasteiger partial charge in [0.1, 0.15) is 26.1 Å². The zero-order valence-corrected chi connectivity index (χ0v) is 13.2. The molecule has 0 saturated heterocycles. The van der Waals surface area contributed by atoms with Gasteiger partial charge < -0.3 is 5.32 Å². The second kappa shape index (κ2) is 6.47. The highest BCUT2D eigenvalue weighted by atomic mass is 79.9. The molecule has 5 nitrogen and oxygen atoms in total. The molecule has 0 aromatic carbocycles. The Morgan fingerprint density at radius 1 is 1.39 bits per heavy atom. The summed E-state index contributed by atoms with van der Waals surface area (Å²) in [5.74, 6) is 1.91. The molecule has 0 aliphatic carbocycles. The van der Waals surface area contributed by atoms with Crippen LogP contribution in [-0.2, 0) is 9.84 Å². The van der Waals surface area contributed by atoms with Gasteiger partial charge in [-0.05, 0) is 22.4 Å². The smallest absolute Gasteiger partial charge is 0.147 e. The first-order chi connectivity index (χ1) is 8.28. The maximum Gasteiger partial charge on any atom is 0.147 e. The number of hydrogen-bond acceptors (Lipinski definition) is 5. The van der Waals surface area contributed by atoms with E-state index in [4.69, 9.17) is 0 Å². The molecule has 1 rings (SSSR count). The van der Waals surface area contributed by atoms with Crippen LogP contribution >= 0.6 is 15.9 Å². The third-order valence-corrected chi connectivity index (χ3v) is 3.66. The minimum atomic E-state index is -2.89. The summed E-state index contributed by atoms with van der Waals surface area (Å²) in [5, 5.41) is 3.11. The van der Waals surface area contributed by atoms with Crippen LogP contribution in [-0.4, -0.2) is 36.9 Å². The van der Waals surface area contributed by atoms with Crippen molar-refractivity contribution in [2.75, 3.05) is 23.9 Å². The molecule has 1 aromatic heterocycles. The van der Waals surface area contributed by atoms with Gasteiger partial charge in [0.15, 0.2) is 0 Å². The van der Waals surface area contributed by atoms with Crippen LogP contribution in [0.25, 0.3) is 0 Å². The van der Waals surface area contributed by atoms with Gasteiger partial charge in [0.2, 0.25) is 0 Å². The maximum atomic E-state index is 11.0. The average molecular weight is 336 g/mol. The molecule has 0 aliphatic rings. The normalized spacial score (nSPS) is 11.8. The molecule has 0 fully saturated rings. The fourth-order valence-corrected chi connectivity index (χ4v) is 2.40. The Labute approximate surface area is 116 Å². The molecule has 0 spiro atoms. The fraction of sp³-hybridized carbons (Fsp3) is 0.636. The van der Waals surface area contributed by atoms with E-state index >= 15 is 0 Å². The molecule has 102 valence electrons. The summed E-state index contributed by atoms with van der Waals surface area (Å²) < 4.78 is 22.7. The van der Waals surface area contributed by atoms with Crippen LogP contribution in [0.5, 0.6) is 0 Å². The van der Waals surface area contributed by atoms with Crippen LogP contribution in [0.3, 0.4) is 0 Å². The van der Waals surface area contributed by atoms with Crippen LogP contribution in [0, 0.1) is 0 Å². The second-order valence-corrected chi connectivity index (χ2v) is 7.57. The number of sulfone groups is 1. The van der Waals surface area contributed by atoms with Gasteiger partial charge in [-0.2, -0.15) is 0 Å². The molecule has 0 saturated carbocycles. The molecule has 0 atom stereocenters. The molecule has 0 bridgehead atoms. The van der Waals surface area contributed by atoms with Crippen LogP contribution in [0.15, 0.2) is 10.7 Å². The summed E-state index contributed by atoms with van der Waals surface area (Å²) in [4.78, 5) is 8.64. The van der Waals surface area contributed by atoms with Gasteiger partial charge in [-0.1, -0.05) is 13.8 Å². The lowest BCUT2D eigenvalue weighted by molar-refractivity contribution is 0.600. The molecule has 0 amide bonds. The van der Waals surface area contributed by atoms with E-state index in [9.17, 15) is 8.42 Å². The summed E-state index contributed by atoms with van der Waals surface area (Å²) in [6.07, 6.45) is 1.81. The van der Waals surface area contributed by atoms with Crippen molar-refractivity contribution in [2.24, 2.45) is 0 Å². The van der Waals surface area contributed by atoms with Crippen LogP contribution in [0.1, 0.15) is 32.0 Å². The van der Waals surface area contributed by atoms with Crippen molar-refractivity contribution in [3.05, 3.63) is 16.5 Å². The Kier molecular flexibility index (Phi) is 5.52. The average Bonchev–Trinajstić information content (AvgIpc) is 2.22. The first-order valence-corrected chi connectivity index (χ1v) is 8.59. The van der Waals surface area contributed by atoms with E-state index in [2.05, 4.69) is 31.2 Å². The van der Waals surface area contributed by atoms with Crippen molar-refractivity contribution in [1.82, 2.24) is 9.97 Å². The van der Waals surface area contributed by atoms with Gasteiger partial charge in [0.25, 0.3) is 0 Å². The van der Waals surface area contributed by atoms with Crippen molar-refractivity contribution >= 4 is 31.6 Å². The number of anilines is 1. The highest BCUT2D eigenvalue weighted by Crippen LogP contribution is 2.17. The van der Waals surface area contributed by atoms with Crippen molar-refractivity contribution in [3.8, 4) is 0 Å². The predicted molar refractivity (Wildman–Crippen MR) is 76.6 cm³/mol. The van der Waals surface area contributed by atoms with E-state index in [-0.39, 0.29) is 11.7 Å². The van der Waals surface area contributed by atoms with E-state index < -0.39 is 9.84 Å². The van der Waals surface area contributed by atoms with Gasteiger partial charge in [-0.15, -0.1) is 0 Å². The lowest BCUT2D eigenvalue weighted by Crippen LogP contribution is -2.11. The summed E-state index contributed by atoms with van der Waals surface area (Å²) >= 11 is 3.34. The van der Waals surface area contributed by atoms with Crippen molar-refractivity contribution in [3.63, 3.8) is 0 Å². The Balaban J connectivity index is 2.57. The zero-order chi connectivity index (χ0) is 13.8. The predicted octanol–water partition coefficient (Wildman–Crippen LogP) is 2.21. The number of hydrogen-bond donors (Lipinski definition) is 1. The molecule has 1 heterocycles. The summed E-state index contributed by atoms with van der Waals surface area (Å²) in [7, 11) is -2.89. The molecular formula is C11H18BrN3O2S. The lowest BCUT2D eigenvalue weighted by Gasteiger charge is -2.09. The second-order valence-electron chi connectivity index (χ2n) is 4.50. The maximum absolute atomic E-state index is 11.0. The van der Waals surface area contributed by atoms with Gasteiger partial charge in [-0.25, -0.2) is 18.4 Å². The molecule has 18 heavy (non-hydrogen) atoms. The van der Waals surface area contributed by atoms with Gasteiger partial charge >= 0.3 is 0 Å². The van der Waals surface area contributed by atoms with Crippen molar-refractivity contribution < 1.29 is 8.42 Å². The standard InChI is InChI=1S/C11H18BrN3O2S/c1-8(2)11-14-9(12)7-10(15-11)13-5-4-6-18(3,16)17/h7-8H,4-6H2,1-3H3,(H,13,14,15).